The van der Waals surface area contributed by atoms with Crippen molar-refractivity contribution in [2.45, 2.75) is 6.54 Å². The molecular formula is C22H25NO7. The average molecular weight is 415 g/mol. The van der Waals surface area contributed by atoms with E-state index in [-0.39, 0.29) is 6.61 Å². The molecule has 0 aliphatic heterocycles. The van der Waals surface area contributed by atoms with Gasteiger partial charge in [0.1, 0.15) is 5.75 Å². The molecule has 0 aliphatic carbocycles. The molecule has 8 nitrogen and oxygen atoms in total. The zero-order chi connectivity index (χ0) is 21.9. The first-order chi connectivity index (χ1) is 14.5. The highest BCUT2D eigenvalue weighted by Crippen LogP contribution is 2.38. The van der Waals surface area contributed by atoms with Crippen molar-refractivity contribution in [1.82, 2.24) is 5.32 Å². The molecule has 8 heteroatoms. The second-order valence-corrected chi connectivity index (χ2v) is 6.03. The molecule has 30 heavy (non-hydrogen) atoms. The van der Waals surface area contributed by atoms with E-state index in [2.05, 4.69) is 5.32 Å². The highest BCUT2D eigenvalue weighted by molar-refractivity contribution is 5.89. The Labute approximate surface area is 175 Å². The number of hydrogen-bond donors (Lipinski definition) is 1. The van der Waals surface area contributed by atoms with E-state index in [1.807, 2.05) is 24.3 Å². The number of esters is 1. The van der Waals surface area contributed by atoms with Crippen LogP contribution in [0.2, 0.25) is 0 Å². The molecule has 1 amide bonds. The SMILES string of the molecule is COc1cccc(CNC(=O)COC(=O)/C=C/c2cc(OC)c(OC)c(OC)c2)c1. The topological polar surface area (TPSA) is 92.3 Å². The fourth-order valence-electron chi connectivity index (χ4n) is 2.58. The number of amides is 1. The Hall–Kier alpha value is -3.68. The summed E-state index contributed by atoms with van der Waals surface area (Å²) in [6, 6.07) is 10.7. The van der Waals surface area contributed by atoms with Crippen LogP contribution in [0.25, 0.3) is 6.08 Å². The van der Waals surface area contributed by atoms with Crippen molar-refractivity contribution in [2.75, 3.05) is 35.0 Å². The summed E-state index contributed by atoms with van der Waals surface area (Å²) < 4.78 is 25.9. The van der Waals surface area contributed by atoms with Crippen molar-refractivity contribution in [3.05, 3.63) is 53.6 Å². The number of hydrogen-bond acceptors (Lipinski definition) is 7. The second kappa shape index (κ2) is 11.4. The van der Waals surface area contributed by atoms with Crippen LogP contribution in [-0.2, 0) is 20.9 Å². The van der Waals surface area contributed by atoms with Gasteiger partial charge in [-0.3, -0.25) is 4.79 Å². The van der Waals surface area contributed by atoms with Gasteiger partial charge in [-0.15, -0.1) is 0 Å². The zero-order valence-corrected chi connectivity index (χ0v) is 17.4. The predicted octanol–water partition coefficient (Wildman–Crippen LogP) is 2.59. The predicted molar refractivity (Wildman–Crippen MR) is 111 cm³/mol. The Morgan fingerprint density at radius 3 is 2.23 bits per heavy atom. The second-order valence-electron chi connectivity index (χ2n) is 6.03. The minimum atomic E-state index is -0.653. The monoisotopic (exact) mass is 415 g/mol. The van der Waals surface area contributed by atoms with E-state index in [0.29, 0.717) is 35.1 Å². The van der Waals surface area contributed by atoms with Crippen LogP contribution in [0.15, 0.2) is 42.5 Å². The van der Waals surface area contributed by atoms with Crippen LogP contribution in [0.3, 0.4) is 0 Å². The van der Waals surface area contributed by atoms with Gasteiger partial charge in [-0.2, -0.15) is 0 Å². The first-order valence-corrected chi connectivity index (χ1v) is 9.05. The van der Waals surface area contributed by atoms with Crippen molar-refractivity contribution < 1.29 is 33.3 Å². The lowest BCUT2D eigenvalue weighted by molar-refractivity contribution is -0.143. The van der Waals surface area contributed by atoms with Gasteiger partial charge in [0.25, 0.3) is 5.91 Å². The molecule has 0 atom stereocenters. The van der Waals surface area contributed by atoms with E-state index in [0.717, 1.165) is 5.56 Å². The molecule has 0 saturated carbocycles. The fourth-order valence-corrected chi connectivity index (χ4v) is 2.58. The molecular weight excluding hydrogens is 390 g/mol. The molecule has 1 N–H and O–H groups in total. The van der Waals surface area contributed by atoms with E-state index in [1.165, 1.54) is 33.5 Å². The summed E-state index contributed by atoms with van der Waals surface area (Å²) in [5.41, 5.74) is 1.51. The lowest BCUT2D eigenvalue weighted by Crippen LogP contribution is -2.28. The third kappa shape index (κ3) is 6.44. The fraction of sp³-hybridized carbons (Fsp3) is 0.273. The molecule has 0 fully saturated rings. The van der Waals surface area contributed by atoms with E-state index >= 15 is 0 Å². The lowest BCUT2D eigenvalue weighted by Gasteiger charge is -2.12. The van der Waals surface area contributed by atoms with Gasteiger partial charge in [0, 0.05) is 12.6 Å². The van der Waals surface area contributed by atoms with Crippen LogP contribution in [-0.4, -0.2) is 46.9 Å². The zero-order valence-electron chi connectivity index (χ0n) is 17.4. The molecule has 0 saturated heterocycles. The van der Waals surface area contributed by atoms with Crippen LogP contribution >= 0.6 is 0 Å². The Morgan fingerprint density at radius 1 is 0.933 bits per heavy atom. The molecule has 2 aromatic carbocycles. The molecule has 0 radical (unpaired) electrons. The largest absolute Gasteiger partial charge is 0.497 e. The molecule has 2 aromatic rings. The maximum Gasteiger partial charge on any atom is 0.331 e. The van der Waals surface area contributed by atoms with Crippen LogP contribution in [0.5, 0.6) is 23.0 Å². The summed E-state index contributed by atoms with van der Waals surface area (Å²) >= 11 is 0. The number of carbonyl (C=O) groups excluding carboxylic acids is 2. The highest BCUT2D eigenvalue weighted by atomic mass is 16.5. The maximum atomic E-state index is 11.9. The van der Waals surface area contributed by atoms with Crippen molar-refractivity contribution in [3.63, 3.8) is 0 Å². The normalized spacial score (nSPS) is 10.4. The molecule has 0 bridgehead atoms. The third-order valence-corrected chi connectivity index (χ3v) is 4.07. The first kappa shape index (κ1) is 22.6. The lowest BCUT2D eigenvalue weighted by atomic mass is 10.1. The third-order valence-electron chi connectivity index (χ3n) is 4.07. The maximum absolute atomic E-state index is 11.9. The van der Waals surface area contributed by atoms with Crippen molar-refractivity contribution in [2.24, 2.45) is 0 Å². The summed E-state index contributed by atoms with van der Waals surface area (Å²) in [5.74, 6) is 1.01. The molecule has 160 valence electrons. The van der Waals surface area contributed by atoms with E-state index in [9.17, 15) is 9.59 Å². The molecule has 2 rings (SSSR count). The summed E-state index contributed by atoms with van der Waals surface area (Å²) in [6.07, 6.45) is 2.75. The van der Waals surface area contributed by atoms with Crippen LogP contribution in [0, 0.1) is 0 Å². The Bertz CT molecular complexity index is 883. The smallest absolute Gasteiger partial charge is 0.331 e. The van der Waals surface area contributed by atoms with E-state index in [1.54, 1.807) is 19.2 Å². The van der Waals surface area contributed by atoms with Gasteiger partial charge in [-0.25, -0.2) is 4.79 Å². The Morgan fingerprint density at radius 2 is 1.63 bits per heavy atom. The van der Waals surface area contributed by atoms with E-state index in [4.69, 9.17) is 23.7 Å². The van der Waals surface area contributed by atoms with Crippen LogP contribution < -0.4 is 24.3 Å². The molecule has 0 heterocycles. The number of benzene rings is 2. The number of methoxy groups -OCH3 is 4. The highest BCUT2D eigenvalue weighted by Gasteiger charge is 2.12. The van der Waals surface area contributed by atoms with Gasteiger partial charge in [-0.1, -0.05) is 12.1 Å². The Kier molecular flexibility index (Phi) is 8.56. The van der Waals surface area contributed by atoms with Crippen molar-refractivity contribution in [1.29, 1.82) is 0 Å². The Balaban J connectivity index is 1.87. The van der Waals surface area contributed by atoms with Gasteiger partial charge >= 0.3 is 5.97 Å². The summed E-state index contributed by atoms with van der Waals surface area (Å²) in [5, 5.41) is 2.68. The minimum absolute atomic E-state index is 0.300. The standard InChI is InChI=1S/C22H25NO7/c1-26-17-7-5-6-16(10-17)13-23-20(24)14-30-21(25)9-8-15-11-18(27-2)22(29-4)19(12-15)28-3/h5-12H,13-14H2,1-4H3,(H,23,24)/b9-8+. The number of carbonyl (C=O) groups is 2. The van der Waals surface area contributed by atoms with Gasteiger partial charge < -0.3 is 29.0 Å². The van der Waals surface area contributed by atoms with Crippen LogP contribution in [0.4, 0.5) is 0 Å². The van der Waals surface area contributed by atoms with Crippen molar-refractivity contribution >= 4 is 18.0 Å². The molecule has 0 aliphatic rings. The van der Waals surface area contributed by atoms with Crippen molar-refractivity contribution in [3.8, 4) is 23.0 Å². The number of nitrogens with one attached hydrogen (secondary N) is 1. The summed E-state index contributed by atoms with van der Waals surface area (Å²) in [4.78, 5) is 23.8. The van der Waals surface area contributed by atoms with Gasteiger partial charge in [0.15, 0.2) is 18.1 Å². The average Bonchev–Trinajstić information content (AvgIpc) is 2.79. The summed E-state index contributed by atoms with van der Waals surface area (Å²) in [6.45, 7) is -0.0861. The van der Waals surface area contributed by atoms with E-state index < -0.39 is 11.9 Å². The van der Waals surface area contributed by atoms with Gasteiger partial charge in [0.2, 0.25) is 5.75 Å². The van der Waals surface area contributed by atoms with Crippen LogP contribution in [0.1, 0.15) is 11.1 Å². The first-order valence-electron chi connectivity index (χ1n) is 9.05. The summed E-state index contributed by atoms with van der Waals surface area (Å²) in [7, 11) is 6.09. The molecule has 0 aromatic heterocycles. The molecule has 0 spiro atoms. The molecule has 0 unspecified atom stereocenters. The number of ether oxygens (including phenoxy) is 5. The quantitative estimate of drug-likeness (QED) is 0.471. The van der Waals surface area contributed by atoms with Gasteiger partial charge in [-0.05, 0) is 41.5 Å². The van der Waals surface area contributed by atoms with Gasteiger partial charge in [0.05, 0.1) is 28.4 Å². The number of rotatable bonds is 10. The minimum Gasteiger partial charge on any atom is -0.497 e.